The minimum absolute atomic E-state index is 0.0977. The summed E-state index contributed by atoms with van der Waals surface area (Å²) in [7, 11) is 0. The highest BCUT2D eigenvalue weighted by Crippen LogP contribution is 2.33. The topological polar surface area (TPSA) is 30.9 Å². The molecule has 1 unspecified atom stereocenters. The van der Waals surface area contributed by atoms with Crippen LogP contribution in [-0.2, 0) is 6.42 Å². The van der Waals surface area contributed by atoms with Crippen molar-refractivity contribution in [2.45, 2.75) is 32.2 Å². The van der Waals surface area contributed by atoms with Crippen molar-refractivity contribution in [1.82, 2.24) is 4.57 Å². The Balaban J connectivity index is 2.22. The second kappa shape index (κ2) is 4.25. The van der Waals surface area contributed by atoms with Crippen LogP contribution in [0.2, 0.25) is 0 Å². The summed E-state index contributed by atoms with van der Waals surface area (Å²) in [4.78, 5) is 0. The van der Waals surface area contributed by atoms with Crippen LogP contribution in [-0.4, -0.2) is 4.57 Å². The average molecular weight is 244 g/mol. The van der Waals surface area contributed by atoms with Gasteiger partial charge in [-0.05, 0) is 49.9 Å². The van der Waals surface area contributed by atoms with Crippen molar-refractivity contribution in [3.8, 4) is 5.69 Å². The van der Waals surface area contributed by atoms with E-state index in [4.69, 9.17) is 5.73 Å². The molecule has 3 rings (SSSR count). The van der Waals surface area contributed by atoms with Gasteiger partial charge in [0.05, 0.1) is 5.69 Å². The lowest BCUT2D eigenvalue weighted by atomic mass is 9.93. The Morgan fingerprint density at radius 1 is 1.33 bits per heavy atom. The lowest BCUT2D eigenvalue weighted by Crippen LogP contribution is -2.18. The summed E-state index contributed by atoms with van der Waals surface area (Å²) in [6.45, 7) is 2.01. The molecule has 1 aromatic heterocycles. The average Bonchev–Trinajstić information content (AvgIpc) is 2.68. The molecule has 0 radical (unpaired) electrons. The molecule has 94 valence electrons. The summed E-state index contributed by atoms with van der Waals surface area (Å²) in [6.07, 6.45) is 3.07. The van der Waals surface area contributed by atoms with Crippen LogP contribution in [0.15, 0.2) is 30.3 Å². The largest absolute Gasteiger partial charge is 0.324 e. The first-order chi connectivity index (χ1) is 8.68. The van der Waals surface area contributed by atoms with Crippen LogP contribution in [0, 0.1) is 12.7 Å². The summed E-state index contributed by atoms with van der Waals surface area (Å²) < 4.78 is 16.0. The normalized spacial score (nSPS) is 18.7. The standard InChI is InChI=1S/C15H17FN2/c1-10-9-11-13(17)6-4-8-14(11)18(10)15-7-3-2-5-12(15)16/h2-3,5,7,9,13H,4,6,8,17H2,1H3. The highest BCUT2D eigenvalue weighted by molar-refractivity contribution is 5.44. The van der Waals surface area contributed by atoms with Gasteiger partial charge in [-0.3, -0.25) is 0 Å². The number of para-hydroxylation sites is 1. The maximum absolute atomic E-state index is 13.9. The predicted molar refractivity (Wildman–Crippen MR) is 70.3 cm³/mol. The molecule has 18 heavy (non-hydrogen) atoms. The SMILES string of the molecule is Cc1cc2c(n1-c1ccccc1F)CCCC2N. The van der Waals surface area contributed by atoms with Crippen LogP contribution in [0.4, 0.5) is 4.39 Å². The van der Waals surface area contributed by atoms with Crippen LogP contribution < -0.4 is 5.73 Å². The first kappa shape index (κ1) is 11.5. The highest BCUT2D eigenvalue weighted by Gasteiger charge is 2.23. The molecule has 1 atom stereocenters. The molecule has 0 amide bonds. The van der Waals surface area contributed by atoms with E-state index in [9.17, 15) is 4.39 Å². The van der Waals surface area contributed by atoms with Crippen molar-refractivity contribution >= 4 is 0 Å². The zero-order chi connectivity index (χ0) is 12.7. The van der Waals surface area contributed by atoms with E-state index in [1.54, 1.807) is 6.07 Å². The second-order valence-corrected chi connectivity index (χ2v) is 4.97. The number of rotatable bonds is 1. The Hall–Kier alpha value is -1.61. The lowest BCUT2D eigenvalue weighted by Gasteiger charge is -2.21. The highest BCUT2D eigenvalue weighted by atomic mass is 19.1. The molecule has 1 aliphatic carbocycles. The number of fused-ring (bicyclic) bond motifs is 1. The molecule has 1 heterocycles. The van der Waals surface area contributed by atoms with Crippen molar-refractivity contribution in [2.24, 2.45) is 5.73 Å². The number of aromatic nitrogens is 1. The van der Waals surface area contributed by atoms with Gasteiger partial charge in [-0.1, -0.05) is 12.1 Å². The fraction of sp³-hybridized carbons (Fsp3) is 0.333. The minimum Gasteiger partial charge on any atom is -0.324 e. The monoisotopic (exact) mass is 244 g/mol. The molecular weight excluding hydrogens is 227 g/mol. The second-order valence-electron chi connectivity index (χ2n) is 4.97. The van der Waals surface area contributed by atoms with Gasteiger partial charge in [0.2, 0.25) is 0 Å². The number of benzene rings is 1. The van der Waals surface area contributed by atoms with Crippen molar-refractivity contribution in [1.29, 1.82) is 0 Å². The van der Waals surface area contributed by atoms with Crippen molar-refractivity contribution in [2.75, 3.05) is 0 Å². The van der Waals surface area contributed by atoms with Gasteiger partial charge < -0.3 is 10.3 Å². The van der Waals surface area contributed by atoms with Gasteiger partial charge in [-0.15, -0.1) is 0 Å². The van der Waals surface area contributed by atoms with E-state index in [1.165, 1.54) is 17.3 Å². The van der Waals surface area contributed by atoms with E-state index in [0.29, 0.717) is 5.69 Å². The molecule has 3 heteroatoms. The first-order valence-corrected chi connectivity index (χ1v) is 6.40. The molecule has 1 aromatic carbocycles. The third-order valence-electron chi connectivity index (χ3n) is 3.74. The molecule has 0 bridgehead atoms. The number of hydrogen-bond acceptors (Lipinski definition) is 1. The van der Waals surface area contributed by atoms with Crippen molar-refractivity contribution < 1.29 is 4.39 Å². The smallest absolute Gasteiger partial charge is 0.147 e. The lowest BCUT2D eigenvalue weighted by molar-refractivity contribution is 0.555. The minimum atomic E-state index is -0.182. The van der Waals surface area contributed by atoms with E-state index in [2.05, 4.69) is 6.07 Å². The summed E-state index contributed by atoms with van der Waals surface area (Å²) in [5.41, 5.74) is 10.2. The molecule has 1 aliphatic rings. The van der Waals surface area contributed by atoms with E-state index >= 15 is 0 Å². The zero-order valence-corrected chi connectivity index (χ0v) is 10.5. The third kappa shape index (κ3) is 1.66. The number of aryl methyl sites for hydroxylation is 1. The van der Waals surface area contributed by atoms with Gasteiger partial charge in [-0.2, -0.15) is 0 Å². The zero-order valence-electron chi connectivity index (χ0n) is 10.5. The Labute approximate surface area is 106 Å². The molecule has 2 N–H and O–H groups in total. The summed E-state index contributed by atoms with van der Waals surface area (Å²) in [5, 5.41) is 0. The van der Waals surface area contributed by atoms with E-state index < -0.39 is 0 Å². The van der Waals surface area contributed by atoms with Crippen LogP contribution in [0.3, 0.4) is 0 Å². The van der Waals surface area contributed by atoms with Gasteiger partial charge in [0, 0.05) is 17.4 Å². The maximum atomic E-state index is 13.9. The van der Waals surface area contributed by atoms with Crippen molar-refractivity contribution in [3.05, 3.63) is 53.1 Å². The maximum Gasteiger partial charge on any atom is 0.147 e. The fourth-order valence-corrected chi connectivity index (χ4v) is 2.91. The Morgan fingerprint density at radius 2 is 2.11 bits per heavy atom. The number of nitrogens with zero attached hydrogens (tertiary/aromatic N) is 1. The number of hydrogen-bond donors (Lipinski definition) is 1. The first-order valence-electron chi connectivity index (χ1n) is 6.40. The van der Waals surface area contributed by atoms with Crippen LogP contribution in [0.5, 0.6) is 0 Å². The van der Waals surface area contributed by atoms with E-state index in [1.807, 2.05) is 23.6 Å². The predicted octanol–water partition coefficient (Wildman–Crippen LogP) is 3.26. The molecule has 0 aliphatic heterocycles. The Kier molecular flexibility index (Phi) is 2.71. The molecule has 0 saturated carbocycles. The molecule has 0 spiro atoms. The van der Waals surface area contributed by atoms with Gasteiger partial charge in [0.15, 0.2) is 0 Å². The van der Waals surface area contributed by atoms with Gasteiger partial charge in [0.25, 0.3) is 0 Å². The van der Waals surface area contributed by atoms with Gasteiger partial charge in [-0.25, -0.2) is 4.39 Å². The Morgan fingerprint density at radius 3 is 2.89 bits per heavy atom. The number of nitrogens with two attached hydrogens (primary N) is 1. The Bertz CT molecular complexity index is 586. The van der Waals surface area contributed by atoms with E-state index in [-0.39, 0.29) is 11.9 Å². The van der Waals surface area contributed by atoms with Crippen LogP contribution in [0.1, 0.15) is 35.8 Å². The molecule has 0 saturated heterocycles. The molecular formula is C15H17FN2. The third-order valence-corrected chi connectivity index (χ3v) is 3.74. The number of halogens is 1. The molecule has 0 fully saturated rings. The van der Waals surface area contributed by atoms with Crippen molar-refractivity contribution in [3.63, 3.8) is 0 Å². The summed E-state index contributed by atoms with van der Waals surface area (Å²) in [6, 6.07) is 9.11. The fourth-order valence-electron chi connectivity index (χ4n) is 2.91. The summed E-state index contributed by atoms with van der Waals surface area (Å²) >= 11 is 0. The quantitative estimate of drug-likeness (QED) is 0.820. The van der Waals surface area contributed by atoms with Crippen LogP contribution in [0.25, 0.3) is 5.69 Å². The molecule has 2 nitrogen and oxygen atoms in total. The van der Waals surface area contributed by atoms with Crippen LogP contribution >= 0.6 is 0 Å². The molecule has 2 aromatic rings. The van der Waals surface area contributed by atoms with E-state index in [0.717, 1.165) is 25.0 Å². The van der Waals surface area contributed by atoms with Gasteiger partial charge >= 0.3 is 0 Å². The summed E-state index contributed by atoms with van der Waals surface area (Å²) in [5.74, 6) is -0.182. The van der Waals surface area contributed by atoms with Gasteiger partial charge in [0.1, 0.15) is 5.82 Å².